The molecule has 2 heterocycles. The number of fused-ring (bicyclic) bond motifs is 3. The van der Waals surface area contributed by atoms with E-state index in [0.717, 1.165) is 17.0 Å². The van der Waals surface area contributed by atoms with E-state index in [2.05, 4.69) is 74.3 Å². The zero-order chi connectivity index (χ0) is 16.7. The Bertz CT molecular complexity index is 1030. The predicted molar refractivity (Wildman–Crippen MR) is 101 cm³/mol. The second kappa shape index (κ2) is 5.41. The van der Waals surface area contributed by atoms with Crippen LogP contribution in [-0.2, 0) is 5.41 Å². The van der Waals surface area contributed by atoms with Gasteiger partial charge in [0.25, 0.3) is 0 Å². The van der Waals surface area contributed by atoms with Gasteiger partial charge in [0.1, 0.15) is 0 Å². The quantitative estimate of drug-likeness (QED) is 0.418. The highest BCUT2D eigenvalue weighted by atomic mass is 14.7. The molecular weight excluding hydrogens is 292 g/mol. The lowest BCUT2D eigenvalue weighted by molar-refractivity contribution is 0.576. The number of rotatable bonds is 1. The molecule has 0 radical (unpaired) electrons. The largest absolute Gasteiger partial charge is 0.264 e. The van der Waals surface area contributed by atoms with E-state index in [1.54, 1.807) is 0 Å². The number of pyridine rings is 2. The van der Waals surface area contributed by atoms with Gasteiger partial charge in [0.15, 0.2) is 0 Å². The van der Waals surface area contributed by atoms with Crippen LogP contribution in [0, 0.1) is 0 Å². The average molecular weight is 312 g/mol. The fourth-order valence-electron chi connectivity index (χ4n) is 3.22. The molecule has 0 saturated carbocycles. The molecule has 0 atom stereocenters. The van der Waals surface area contributed by atoms with Gasteiger partial charge in [-0.2, -0.15) is 0 Å². The third-order valence-electron chi connectivity index (χ3n) is 4.40. The number of hydrogen-bond donors (Lipinski definition) is 0. The van der Waals surface area contributed by atoms with Crippen LogP contribution in [0.3, 0.4) is 0 Å². The Labute approximate surface area is 142 Å². The minimum Gasteiger partial charge on any atom is -0.264 e. The fourth-order valence-corrected chi connectivity index (χ4v) is 3.22. The molecule has 4 rings (SSSR count). The van der Waals surface area contributed by atoms with Gasteiger partial charge in [-0.3, -0.25) is 9.97 Å². The number of hydrogen-bond acceptors (Lipinski definition) is 2. The van der Waals surface area contributed by atoms with Gasteiger partial charge in [-0.25, -0.2) is 0 Å². The Morgan fingerprint density at radius 2 is 1.58 bits per heavy atom. The first-order valence-electron chi connectivity index (χ1n) is 8.27. The summed E-state index contributed by atoms with van der Waals surface area (Å²) < 4.78 is 0. The molecule has 0 bridgehead atoms. The molecule has 2 nitrogen and oxygen atoms in total. The standard InChI is InChI=1S/C22H20N2/c1-22(2,3)21-20-17(10-9-15-11-12-23-14-18(15)20)13-19(24-21)16-7-5-4-6-8-16/h4-14H,1-3H3. The van der Waals surface area contributed by atoms with E-state index in [4.69, 9.17) is 4.98 Å². The second-order valence-corrected chi connectivity index (χ2v) is 7.23. The highest BCUT2D eigenvalue weighted by Crippen LogP contribution is 2.35. The summed E-state index contributed by atoms with van der Waals surface area (Å²) in [5, 5.41) is 4.81. The molecule has 0 amide bonds. The van der Waals surface area contributed by atoms with Gasteiger partial charge in [-0.05, 0) is 22.9 Å². The molecule has 2 aromatic carbocycles. The number of aromatic nitrogens is 2. The average Bonchev–Trinajstić information content (AvgIpc) is 2.60. The Hall–Kier alpha value is -2.74. The molecule has 24 heavy (non-hydrogen) atoms. The molecule has 2 aromatic heterocycles. The minimum atomic E-state index is -0.0484. The van der Waals surface area contributed by atoms with Gasteiger partial charge >= 0.3 is 0 Å². The molecule has 0 aliphatic rings. The summed E-state index contributed by atoms with van der Waals surface area (Å²) in [6.45, 7) is 6.66. The van der Waals surface area contributed by atoms with E-state index >= 15 is 0 Å². The van der Waals surface area contributed by atoms with Crippen molar-refractivity contribution in [3.8, 4) is 11.3 Å². The Balaban J connectivity index is 2.13. The van der Waals surface area contributed by atoms with Crippen molar-refractivity contribution in [1.82, 2.24) is 9.97 Å². The lowest BCUT2D eigenvalue weighted by atomic mass is 9.86. The van der Waals surface area contributed by atoms with Crippen molar-refractivity contribution in [2.24, 2.45) is 0 Å². The van der Waals surface area contributed by atoms with E-state index < -0.39 is 0 Å². The van der Waals surface area contributed by atoms with E-state index in [-0.39, 0.29) is 5.41 Å². The van der Waals surface area contributed by atoms with Crippen LogP contribution in [0.25, 0.3) is 32.8 Å². The molecule has 2 heteroatoms. The van der Waals surface area contributed by atoms with Crippen LogP contribution in [0.5, 0.6) is 0 Å². The van der Waals surface area contributed by atoms with Gasteiger partial charge in [-0.15, -0.1) is 0 Å². The summed E-state index contributed by atoms with van der Waals surface area (Å²) in [6, 6.07) is 19.0. The maximum atomic E-state index is 5.06. The molecule has 0 saturated heterocycles. The van der Waals surface area contributed by atoms with Crippen molar-refractivity contribution in [3.63, 3.8) is 0 Å². The highest BCUT2D eigenvalue weighted by Gasteiger charge is 2.21. The summed E-state index contributed by atoms with van der Waals surface area (Å²) in [4.78, 5) is 9.40. The summed E-state index contributed by atoms with van der Waals surface area (Å²) in [5.74, 6) is 0. The second-order valence-electron chi connectivity index (χ2n) is 7.23. The van der Waals surface area contributed by atoms with Crippen molar-refractivity contribution >= 4 is 21.5 Å². The van der Waals surface area contributed by atoms with Crippen molar-refractivity contribution in [2.75, 3.05) is 0 Å². The van der Waals surface area contributed by atoms with Crippen molar-refractivity contribution in [1.29, 1.82) is 0 Å². The third-order valence-corrected chi connectivity index (χ3v) is 4.40. The Kier molecular flexibility index (Phi) is 3.34. The molecule has 0 aliphatic carbocycles. The maximum Gasteiger partial charge on any atom is 0.0711 e. The SMILES string of the molecule is CC(C)(C)c1nc(-c2ccccc2)cc2ccc3ccncc3c12. The maximum absolute atomic E-state index is 5.06. The first kappa shape index (κ1) is 14.8. The number of nitrogens with zero attached hydrogens (tertiary/aromatic N) is 2. The van der Waals surface area contributed by atoms with Crippen LogP contribution in [0.4, 0.5) is 0 Å². The van der Waals surface area contributed by atoms with E-state index in [0.29, 0.717) is 0 Å². The highest BCUT2D eigenvalue weighted by molar-refractivity contribution is 6.09. The molecular formula is C22H20N2. The first-order valence-corrected chi connectivity index (χ1v) is 8.27. The molecule has 0 aliphatic heterocycles. The molecule has 0 unspecified atom stereocenters. The lowest BCUT2D eigenvalue weighted by Crippen LogP contribution is -2.15. The van der Waals surface area contributed by atoms with Crippen LogP contribution >= 0.6 is 0 Å². The number of benzene rings is 2. The van der Waals surface area contributed by atoms with Crippen LogP contribution in [0.1, 0.15) is 26.5 Å². The van der Waals surface area contributed by atoms with Gasteiger partial charge in [0, 0.05) is 34.1 Å². The van der Waals surface area contributed by atoms with Crippen LogP contribution < -0.4 is 0 Å². The third kappa shape index (κ3) is 2.44. The van der Waals surface area contributed by atoms with Crippen molar-refractivity contribution < 1.29 is 0 Å². The van der Waals surface area contributed by atoms with Gasteiger partial charge in [0.2, 0.25) is 0 Å². The summed E-state index contributed by atoms with van der Waals surface area (Å²) in [6.07, 6.45) is 3.80. The Morgan fingerprint density at radius 3 is 2.33 bits per heavy atom. The summed E-state index contributed by atoms with van der Waals surface area (Å²) in [7, 11) is 0. The monoisotopic (exact) mass is 312 g/mol. The first-order chi connectivity index (χ1) is 11.5. The van der Waals surface area contributed by atoms with E-state index in [1.807, 2.05) is 18.5 Å². The molecule has 0 N–H and O–H groups in total. The molecule has 4 aromatic rings. The molecule has 118 valence electrons. The summed E-state index contributed by atoms with van der Waals surface area (Å²) >= 11 is 0. The van der Waals surface area contributed by atoms with Gasteiger partial charge in [0.05, 0.1) is 11.4 Å². The smallest absolute Gasteiger partial charge is 0.0711 e. The minimum absolute atomic E-state index is 0.0484. The van der Waals surface area contributed by atoms with Crippen molar-refractivity contribution in [2.45, 2.75) is 26.2 Å². The van der Waals surface area contributed by atoms with Crippen LogP contribution in [0.15, 0.2) is 67.0 Å². The lowest BCUT2D eigenvalue weighted by Gasteiger charge is -2.22. The Morgan fingerprint density at radius 1 is 0.833 bits per heavy atom. The predicted octanol–water partition coefficient (Wildman–Crippen LogP) is 5.75. The van der Waals surface area contributed by atoms with Gasteiger partial charge in [-0.1, -0.05) is 63.2 Å². The molecule has 0 fully saturated rings. The van der Waals surface area contributed by atoms with Crippen molar-refractivity contribution in [3.05, 3.63) is 72.7 Å². The van der Waals surface area contributed by atoms with Crippen LogP contribution in [-0.4, -0.2) is 9.97 Å². The molecule has 0 spiro atoms. The zero-order valence-electron chi connectivity index (χ0n) is 14.2. The fraction of sp³-hybridized carbons (Fsp3) is 0.182. The summed E-state index contributed by atoms with van der Waals surface area (Å²) in [5.41, 5.74) is 3.25. The normalized spacial score (nSPS) is 12.0. The van der Waals surface area contributed by atoms with Gasteiger partial charge < -0.3 is 0 Å². The van der Waals surface area contributed by atoms with E-state index in [1.165, 1.54) is 21.5 Å². The van der Waals surface area contributed by atoms with E-state index in [9.17, 15) is 0 Å². The topological polar surface area (TPSA) is 25.8 Å². The zero-order valence-corrected chi connectivity index (χ0v) is 14.2. The van der Waals surface area contributed by atoms with Crippen LogP contribution in [0.2, 0.25) is 0 Å².